The van der Waals surface area contributed by atoms with Crippen molar-refractivity contribution in [2.75, 3.05) is 13.1 Å². The highest BCUT2D eigenvalue weighted by Gasteiger charge is 2.19. The van der Waals surface area contributed by atoms with Gasteiger partial charge in [0.15, 0.2) is 0 Å². The van der Waals surface area contributed by atoms with E-state index in [0.717, 1.165) is 0 Å². The van der Waals surface area contributed by atoms with E-state index in [1.807, 2.05) is 13.8 Å². The summed E-state index contributed by atoms with van der Waals surface area (Å²) in [5, 5.41) is 11.4. The van der Waals surface area contributed by atoms with Gasteiger partial charge in [0.25, 0.3) is 11.8 Å². The van der Waals surface area contributed by atoms with Gasteiger partial charge in [0.1, 0.15) is 6.04 Å². The lowest BCUT2D eigenvalue weighted by molar-refractivity contribution is -0.139. The van der Waals surface area contributed by atoms with Crippen molar-refractivity contribution in [2.24, 2.45) is 0 Å². The summed E-state index contributed by atoms with van der Waals surface area (Å²) in [6.45, 7) is 6.73. The molecule has 0 aliphatic rings. The number of carboxylic acid groups (broad SMARTS) is 1. The molecule has 0 aromatic heterocycles. The van der Waals surface area contributed by atoms with Gasteiger partial charge < -0.3 is 15.3 Å². The number of nitrogens with one attached hydrogen (secondary N) is 1. The Bertz CT molecular complexity index is 536. The minimum atomic E-state index is -1.07. The molecule has 0 heterocycles. The largest absolute Gasteiger partial charge is 0.480 e. The smallest absolute Gasteiger partial charge is 0.326 e. The number of hydrogen-bond acceptors (Lipinski definition) is 3. The first-order valence-corrected chi connectivity index (χ1v) is 7.37. The van der Waals surface area contributed by atoms with Crippen molar-refractivity contribution in [3.05, 3.63) is 35.4 Å². The Morgan fingerprint density at radius 3 is 1.95 bits per heavy atom. The molecule has 0 fully saturated rings. The maximum absolute atomic E-state index is 12.1. The molecule has 120 valence electrons. The third kappa shape index (κ3) is 4.31. The Balaban J connectivity index is 2.82. The van der Waals surface area contributed by atoms with E-state index in [-0.39, 0.29) is 5.91 Å². The molecule has 0 bridgehead atoms. The molecule has 1 rings (SSSR count). The van der Waals surface area contributed by atoms with Gasteiger partial charge in [0, 0.05) is 24.2 Å². The summed E-state index contributed by atoms with van der Waals surface area (Å²) >= 11 is 0. The lowest BCUT2D eigenvalue weighted by atomic mass is 10.1. The van der Waals surface area contributed by atoms with E-state index in [0.29, 0.717) is 30.6 Å². The fourth-order valence-electron chi connectivity index (χ4n) is 2.04. The van der Waals surface area contributed by atoms with Gasteiger partial charge >= 0.3 is 5.97 Å². The van der Waals surface area contributed by atoms with Gasteiger partial charge in [-0.25, -0.2) is 4.79 Å². The zero-order valence-electron chi connectivity index (χ0n) is 13.1. The fraction of sp³-hybridized carbons (Fsp3) is 0.438. The molecule has 0 aliphatic carbocycles. The molecule has 1 aromatic carbocycles. The van der Waals surface area contributed by atoms with Crippen LogP contribution >= 0.6 is 0 Å². The van der Waals surface area contributed by atoms with Crippen molar-refractivity contribution in [1.29, 1.82) is 0 Å². The molecular weight excluding hydrogens is 284 g/mol. The molecule has 1 atom stereocenters. The predicted molar refractivity (Wildman–Crippen MR) is 82.9 cm³/mol. The maximum Gasteiger partial charge on any atom is 0.326 e. The van der Waals surface area contributed by atoms with Crippen LogP contribution < -0.4 is 5.32 Å². The van der Waals surface area contributed by atoms with Crippen molar-refractivity contribution in [1.82, 2.24) is 10.2 Å². The van der Waals surface area contributed by atoms with Crippen LogP contribution in [0.5, 0.6) is 0 Å². The predicted octanol–water partition coefficient (Wildman–Crippen LogP) is 1.76. The van der Waals surface area contributed by atoms with Crippen LogP contribution in [0.2, 0.25) is 0 Å². The summed E-state index contributed by atoms with van der Waals surface area (Å²) in [7, 11) is 0. The highest BCUT2D eigenvalue weighted by molar-refractivity contribution is 5.99. The summed E-state index contributed by atoms with van der Waals surface area (Å²) in [5.41, 5.74) is 0.835. The number of rotatable bonds is 7. The molecule has 22 heavy (non-hydrogen) atoms. The highest BCUT2D eigenvalue weighted by atomic mass is 16.4. The first-order valence-electron chi connectivity index (χ1n) is 7.37. The third-order valence-electron chi connectivity index (χ3n) is 3.46. The zero-order chi connectivity index (χ0) is 16.7. The molecule has 2 amide bonds. The van der Waals surface area contributed by atoms with Crippen LogP contribution in [0, 0.1) is 0 Å². The van der Waals surface area contributed by atoms with Crippen molar-refractivity contribution < 1.29 is 19.5 Å². The SMILES string of the molecule is CCC(NC(=O)c1ccc(C(=O)N(CC)CC)cc1)C(=O)O. The van der Waals surface area contributed by atoms with Gasteiger partial charge in [-0.3, -0.25) is 9.59 Å². The standard InChI is InChI=1S/C16H22N2O4/c1-4-13(16(21)22)17-14(19)11-7-9-12(10-8-11)15(20)18(5-2)6-3/h7-10,13H,4-6H2,1-3H3,(H,17,19)(H,21,22). The molecule has 0 saturated heterocycles. The second-order valence-corrected chi connectivity index (χ2v) is 4.83. The second-order valence-electron chi connectivity index (χ2n) is 4.83. The number of hydrogen-bond donors (Lipinski definition) is 2. The average Bonchev–Trinajstić information content (AvgIpc) is 2.53. The fourth-order valence-corrected chi connectivity index (χ4v) is 2.04. The Kier molecular flexibility index (Phi) is 6.56. The minimum Gasteiger partial charge on any atom is -0.480 e. The number of carbonyl (C=O) groups excluding carboxylic acids is 2. The number of benzene rings is 1. The first kappa shape index (κ1) is 17.7. The van der Waals surface area contributed by atoms with E-state index in [9.17, 15) is 14.4 Å². The Morgan fingerprint density at radius 1 is 1.05 bits per heavy atom. The van der Waals surface area contributed by atoms with Crippen molar-refractivity contribution in [3.63, 3.8) is 0 Å². The number of nitrogens with zero attached hydrogens (tertiary/aromatic N) is 1. The van der Waals surface area contributed by atoms with E-state index >= 15 is 0 Å². The van der Waals surface area contributed by atoms with E-state index in [1.165, 1.54) is 12.1 Å². The average molecular weight is 306 g/mol. The van der Waals surface area contributed by atoms with Gasteiger partial charge in [-0.05, 0) is 44.5 Å². The van der Waals surface area contributed by atoms with Gasteiger partial charge in [-0.1, -0.05) is 6.92 Å². The maximum atomic E-state index is 12.1. The summed E-state index contributed by atoms with van der Waals surface area (Å²) < 4.78 is 0. The molecule has 0 saturated carbocycles. The molecular formula is C16H22N2O4. The molecule has 6 nitrogen and oxygen atoms in total. The Hall–Kier alpha value is -2.37. The zero-order valence-corrected chi connectivity index (χ0v) is 13.1. The second kappa shape index (κ2) is 8.17. The van der Waals surface area contributed by atoms with Crippen LogP contribution in [-0.4, -0.2) is 46.9 Å². The molecule has 1 unspecified atom stereocenters. The van der Waals surface area contributed by atoms with Crippen LogP contribution in [0.3, 0.4) is 0 Å². The summed E-state index contributed by atoms with van der Waals surface area (Å²) in [6, 6.07) is 5.31. The third-order valence-corrected chi connectivity index (χ3v) is 3.46. The van der Waals surface area contributed by atoms with Gasteiger partial charge in [0.05, 0.1) is 0 Å². The topological polar surface area (TPSA) is 86.7 Å². The van der Waals surface area contributed by atoms with E-state index in [4.69, 9.17) is 5.11 Å². The Labute approximate surface area is 130 Å². The molecule has 0 aliphatic heterocycles. The summed E-state index contributed by atoms with van der Waals surface area (Å²) in [6.07, 6.45) is 0.305. The van der Waals surface area contributed by atoms with Crippen LogP contribution in [0.25, 0.3) is 0 Å². The van der Waals surface area contributed by atoms with Crippen LogP contribution in [0.4, 0.5) is 0 Å². The van der Waals surface area contributed by atoms with E-state index in [2.05, 4.69) is 5.32 Å². The monoisotopic (exact) mass is 306 g/mol. The number of carbonyl (C=O) groups is 3. The lowest BCUT2D eigenvalue weighted by Crippen LogP contribution is -2.40. The van der Waals surface area contributed by atoms with Crippen molar-refractivity contribution in [2.45, 2.75) is 33.2 Å². The Morgan fingerprint density at radius 2 is 1.55 bits per heavy atom. The molecule has 0 spiro atoms. The van der Waals surface area contributed by atoms with Gasteiger partial charge in [0.2, 0.25) is 0 Å². The molecule has 0 radical (unpaired) electrons. The minimum absolute atomic E-state index is 0.0890. The van der Waals surface area contributed by atoms with E-state index < -0.39 is 17.9 Å². The van der Waals surface area contributed by atoms with Crippen molar-refractivity contribution >= 4 is 17.8 Å². The van der Waals surface area contributed by atoms with Gasteiger partial charge in [-0.2, -0.15) is 0 Å². The number of aliphatic carboxylic acids is 1. The molecule has 1 aromatic rings. The summed E-state index contributed by atoms with van der Waals surface area (Å²) in [5.74, 6) is -1.62. The van der Waals surface area contributed by atoms with E-state index in [1.54, 1.807) is 24.0 Å². The number of amides is 2. The highest BCUT2D eigenvalue weighted by Crippen LogP contribution is 2.08. The lowest BCUT2D eigenvalue weighted by Gasteiger charge is -2.18. The van der Waals surface area contributed by atoms with Crippen molar-refractivity contribution in [3.8, 4) is 0 Å². The normalized spacial score (nSPS) is 11.6. The van der Waals surface area contributed by atoms with Crippen LogP contribution in [0.1, 0.15) is 47.9 Å². The van der Waals surface area contributed by atoms with Crippen LogP contribution in [-0.2, 0) is 4.79 Å². The first-order chi connectivity index (χ1) is 10.4. The quantitative estimate of drug-likeness (QED) is 0.803. The van der Waals surface area contributed by atoms with Crippen LogP contribution in [0.15, 0.2) is 24.3 Å². The number of carboxylic acids is 1. The molecule has 6 heteroatoms. The summed E-state index contributed by atoms with van der Waals surface area (Å²) in [4.78, 5) is 36.7. The molecule has 2 N–H and O–H groups in total. The van der Waals surface area contributed by atoms with Gasteiger partial charge in [-0.15, -0.1) is 0 Å².